The summed E-state index contributed by atoms with van der Waals surface area (Å²) in [6.45, 7) is 2.02. The van der Waals surface area contributed by atoms with Crippen molar-refractivity contribution in [3.05, 3.63) is 90.3 Å². The van der Waals surface area contributed by atoms with Crippen LogP contribution in [0.25, 0.3) is 16.7 Å². The number of benzene rings is 3. The molecule has 0 unspecified atom stereocenters. The largest absolute Gasteiger partial charge is 0.322 e. The number of nitrogens with zero attached hydrogens (tertiary/aromatic N) is 2. The van der Waals surface area contributed by atoms with Crippen molar-refractivity contribution < 1.29 is 4.79 Å². The number of hydrogen-bond acceptors (Lipinski definition) is 2. The predicted molar refractivity (Wildman–Crippen MR) is 100 cm³/mol. The lowest BCUT2D eigenvalue weighted by Gasteiger charge is -2.08. The number of aryl methyl sites for hydroxylation is 1. The lowest BCUT2D eigenvalue weighted by Crippen LogP contribution is -2.11. The first-order valence-electron chi connectivity index (χ1n) is 8.11. The second kappa shape index (κ2) is 6.24. The van der Waals surface area contributed by atoms with E-state index >= 15 is 0 Å². The van der Waals surface area contributed by atoms with E-state index in [1.54, 1.807) is 6.33 Å². The zero-order valence-electron chi connectivity index (χ0n) is 13.8. The Bertz CT molecular complexity index is 1030. The molecule has 3 aromatic carbocycles. The number of amides is 1. The van der Waals surface area contributed by atoms with Crippen molar-refractivity contribution in [3.8, 4) is 5.69 Å². The van der Waals surface area contributed by atoms with Crippen LogP contribution in [0.1, 0.15) is 15.9 Å². The molecular weight excluding hydrogens is 310 g/mol. The Hall–Kier alpha value is -3.40. The Labute approximate surface area is 145 Å². The molecule has 0 saturated carbocycles. The highest BCUT2D eigenvalue weighted by Crippen LogP contribution is 2.19. The van der Waals surface area contributed by atoms with E-state index in [0.717, 1.165) is 28.0 Å². The second-order valence-corrected chi connectivity index (χ2v) is 5.97. The fourth-order valence-corrected chi connectivity index (χ4v) is 2.78. The number of aromatic nitrogens is 2. The second-order valence-electron chi connectivity index (χ2n) is 5.97. The molecule has 0 atom stereocenters. The summed E-state index contributed by atoms with van der Waals surface area (Å²) in [5.74, 6) is -0.120. The van der Waals surface area contributed by atoms with Gasteiger partial charge in [-0.2, -0.15) is 0 Å². The minimum absolute atomic E-state index is 0.120. The third-order valence-electron chi connectivity index (χ3n) is 4.17. The first-order valence-corrected chi connectivity index (χ1v) is 8.11. The number of fused-ring (bicyclic) bond motifs is 1. The van der Waals surface area contributed by atoms with Crippen LogP contribution in [0.4, 0.5) is 5.69 Å². The molecule has 1 amide bonds. The van der Waals surface area contributed by atoms with Gasteiger partial charge in [0.2, 0.25) is 0 Å². The van der Waals surface area contributed by atoms with Gasteiger partial charge in [-0.1, -0.05) is 29.8 Å². The Kier molecular flexibility index (Phi) is 3.78. The van der Waals surface area contributed by atoms with Gasteiger partial charge in [-0.3, -0.25) is 9.36 Å². The Morgan fingerprint density at radius 1 is 0.920 bits per heavy atom. The SMILES string of the molecule is Cc1ccc(NC(=O)c2ccc(-n3cnc4ccccc43)cc2)cc1. The maximum Gasteiger partial charge on any atom is 0.255 e. The number of anilines is 1. The summed E-state index contributed by atoms with van der Waals surface area (Å²) in [7, 11) is 0. The van der Waals surface area contributed by atoms with Crippen molar-refractivity contribution >= 4 is 22.6 Å². The number of carbonyl (C=O) groups is 1. The molecular formula is C21H17N3O. The van der Waals surface area contributed by atoms with Crippen molar-refractivity contribution in [2.75, 3.05) is 5.32 Å². The van der Waals surface area contributed by atoms with E-state index in [2.05, 4.69) is 10.3 Å². The van der Waals surface area contributed by atoms with Gasteiger partial charge in [0.15, 0.2) is 0 Å². The molecule has 1 aromatic heterocycles. The van der Waals surface area contributed by atoms with E-state index in [9.17, 15) is 4.79 Å². The third-order valence-corrected chi connectivity index (χ3v) is 4.17. The average molecular weight is 327 g/mol. The number of imidazole rings is 1. The lowest BCUT2D eigenvalue weighted by atomic mass is 10.1. The molecule has 122 valence electrons. The molecule has 1 N–H and O–H groups in total. The summed E-state index contributed by atoms with van der Waals surface area (Å²) in [6.07, 6.45) is 1.80. The molecule has 0 radical (unpaired) electrons. The summed E-state index contributed by atoms with van der Waals surface area (Å²) < 4.78 is 2.01. The van der Waals surface area contributed by atoms with Crippen LogP contribution in [-0.4, -0.2) is 15.5 Å². The standard InChI is InChI=1S/C21H17N3O/c1-15-6-10-17(11-7-15)23-21(25)16-8-12-18(13-9-16)24-14-22-19-4-2-3-5-20(19)24/h2-14H,1H3,(H,23,25). The van der Waals surface area contributed by atoms with E-state index in [-0.39, 0.29) is 5.91 Å². The van der Waals surface area contributed by atoms with E-state index in [1.807, 2.05) is 84.3 Å². The minimum atomic E-state index is -0.120. The molecule has 0 aliphatic heterocycles. The van der Waals surface area contributed by atoms with E-state index < -0.39 is 0 Å². The van der Waals surface area contributed by atoms with Gasteiger partial charge in [0, 0.05) is 16.9 Å². The molecule has 1 heterocycles. The van der Waals surface area contributed by atoms with Crippen LogP contribution in [0.3, 0.4) is 0 Å². The molecule has 4 aromatic rings. The van der Waals surface area contributed by atoms with Crippen LogP contribution in [0.15, 0.2) is 79.1 Å². The predicted octanol–water partition coefficient (Wildman–Crippen LogP) is 4.59. The van der Waals surface area contributed by atoms with Crippen molar-refractivity contribution in [3.63, 3.8) is 0 Å². The van der Waals surface area contributed by atoms with Crippen LogP contribution in [0, 0.1) is 6.92 Å². The van der Waals surface area contributed by atoms with Gasteiger partial charge in [-0.25, -0.2) is 4.98 Å². The molecule has 0 fully saturated rings. The molecule has 0 spiro atoms. The normalized spacial score (nSPS) is 10.8. The first-order chi connectivity index (χ1) is 12.2. The van der Waals surface area contributed by atoms with Crippen molar-refractivity contribution in [1.82, 2.24) is 9.55 Å². The molecule has 0 bridgehead atoms. The lowest BCUT2D eigenvalue weighted by molar-refractivity contribution is 0.102. The molecule has 0 aliphatic carbocycles. The van der Waals surface area contributed by atoms with E-state index in [4.69, 9.17) is 0 Å². The van der Waals surface area contributed by atoms with Crippen molar-refractivity contribution in [2.24, 2.45) is 0 Å². The number of hydrogen-bond donors (Lipinski definition) is 1. The number of carbonyl (C=O) groups excluding carboxylic acids is 1. The first kappa shape index (κ1) is 15.1. The number of para-hydroxylation sites is 2. The molecule has 4 heteroatoms. The van der Waals surface area contributed by atoms with Crippen LogP contribution in [0.5, 0.6) is 0 Å². The van der Waals surface area contributed by atoms with Gasteiger partial charge in [0.05, 0.1) is 11.0 Å². The zero-order chi connectivity index (χ0) is 17.2. The highest BCUT2D eigenvalue weighted by molar-refractivity contribution is 6.04. The van der Waals surface area contributed by atoms with Crippen molar-refractivity contribution in [2.45, 2.75) is 6.92 Å². The van der Waals surface area contributed by atoms with Crippen LogP contribution >= 0.6 is 0 Å². The fourth-order valence-electron chi connectivity index (χ4n) is 2.78. The molecule has 4 nitrogen and oxygen atoms in total. The van der Waals surface area contributed by atoms with Gasteiger partial charge in [-0.05, 0) is 55.5 Å². The van der Waals surface area contributed by atoms with Gasteiger partial charge in [0.25, 0.3) is 5.91 Å². The maximum atomic E-state index is 12.4. The van der Waals surface area contributed by atoms with Crippen molar-refractivity contribution in [1.29, 1.82) is 0 Å². The Morgan fingerprint density at radius 2 is 1.64 bits per heavy atom. The zero-order valence-corrected chi connectivity index (χ0v) is 13.8. The minimum Gasteiger partial charge on any atom is -0.322 e. The van der Waals surface area contributed by atoms with Gasteiger partial charge in [0.1, 0.15) is 6.33 Å². The van der Waals surface area contributed by atoms with E-state index in [0.29, 0.717) is 5.56 Å². The summed E-state index contributed by atoms with van der Waals surface area (Å²) >= 11 is 0. The Balaban J connectivity index is 1.57. The third kappa shape index (κ3) is 3.02. The number of nitrogens with one attached hydrogen (secondary N) is 1. The summed E-state index contributed by atoms with van der Waals surface area (Å²) in [4.78, 5) is 16.8. The highest BCUT2D eigenvalue weighted by atomic mass is 16.1. The molecule has 0 saturated heterocycles. The number of rotatable bonds is 3. The highest BCUT2D eigenvalue weighted by Gasteiger charge is 2.08. The molecule has 25 heavy (non-hydrogen) atoms. The topological polar surface area (TPSA) is 46.9 Å². The van der Waals surface area contributed by atoms with Gasteiger partial charge < -0.3 is 5.32 Å². The fraction of sp³-hybridized carbons (Fsp3) is 0.0476. The average Bonchev–Trinajstić information content (AvgIpc) is 3.08. The van der Waals surface area contributed by atoms with Crippen LogP contribution < -0.4 is 5.32 Å². The molecule has 0 aliphatic rings. The Morgan fingerprint density at radius 3 is 2.40 bits per heavy atom. The monoisotopic (exact) mass is 327 g/mol. The smallest absolute Gasteiger partial charge is 0.255 e. The maximum absolute atomic E-state index is 12.4. The molecule has 4 rings (SSSR count). The van der Waals surface area contributed by atoms with Crippen LogP contribution in [-0.2, 0) is 0 Å². The van der Waals surface area contributed by atoms with Gasteiger partial charge in [-0.15, -0.1) is 0 Å². The van der Waals surface area contributed by atoms with Gasteiger partial charge >= 0.3 is 0 Å². The van der Waals surface area contributed by atoms with E-state index in [1.165, 1.54) is 0 Å². The summed E-state index contributed by atoms with van der Waals surface area (Å²) in [5.41, 5.74) is 5.53. The summed E-state index contributed by atoms with van der Waals surface area (Å²) in [5, 5.41) is 2.91. The summed E-state index contributed by atoms with van der Waals surface area (Å²) in [6, 6.07) is 23.2. The van der Waals surface area contributed by atoms with Crippen LogP contribution in [0.2, 0.25) is 0 Å². The quantitative estimate of drug-likeness (QED) is 0.598.